The first kappa shape index (κ1) is 16.6. The molecule has 0 heterocycles. The zero-order valence-electron chi connectivity index (χ0n) is 11.1. The number of hydrogen-bond donors (Lipinski definition) is 0. The van der Waals surface area contributed by atoms with E-state index in [1.165, 1.54) is 12.1 Å². The molecule has 0 amide bonds. The molecule has 0 aromatic heterocycles. The van der Waals surface area contributed by atoms with Gasteiger partial charge >= 0.3 is 0 Å². The summed E-state index contributed by atoms with van der Waals surface area (Å²) in [5.74, 6) is 0. The minimum atomic E-state index is 1.05. The molecule has 0 aliphatic carbocycles. The first-order valence-corrected chi connectivity index (χ1v) is 6.10. The van der Waals surface area contributed by atoms with Crippen molar-refractivity contribution in [1.82, 2.24) is 0 Å². The monoisotopic (exact) mass is 209 g/mol. The van der Waals surface area contributed by atoms with Crippen molar-refractivity contribution in [2.45, 2.75) is 60.3 Å². The van der Waals surface area contributed by atoms with Crippen LogP contribution < -0.4 is 0 Å². The van der Waals surface area contributed by atoms with Gasteiger partial charge in [0, 0.05) is 11.4 Å². The van der Waals surface area contributed by atoms with Crippen LogP contribution in [0.25, 0.3) is 0 Å². The number of hydrogen-bond acceptors (Lipinski definition) is 1. The number of allylic oxidation sites excluding steroid dienone is 3. The first-order chi connectivity index (χ1) is 7.24. The van der Waals surface area contributed by atoms with Gasteiger partial charge in [-0.1, -0.05) is 53.2 Å². The molecule has 0 saturated heterocycles. The molecule has 0 radical (unpaired) electrons. The lowest BCUT2D eigenvalue weighted by Crippen LogP contribution is -1.91. The van der Waals surface area contributed by atoms with Crippen molar-refractivity contribution < 1.29 is 0 Å². The second-order valence-electron chi connectivity index (χ2n) is 3.24. The maximum absolute atomic E-state index is 4.55. The number of nitrogens with zero attached hydrogens (tertiary/aromatic N) is 1. The third kappa shape index (κ3) is 11.1. The normalized spacial score (nSPS) is 11.8. The van der Waals surface area contributed by atoms with Crippen molar-refractivity contribution >= 4 is 5.71 Å². The van der Waals surface area contributed by atoms with Crippen LogP contribution >= 0.6 is 0 Å². The number of aliphatic imine (C=N–C) groups is 1. The van der Waals surface area contributed by atoms with Gasteiger partial charge in [0.05, 0.1) is 0 Å². The lowest BCUT2D eigenvalue weighted by molar-refractivity contribution is 0.886. The van der Waals surface area contributed by atoms with E-state index >= 15 is 0 Å². The summed E-state index contributed by atoms with van der Waals surface area (Å²) < 4.78 is 0. The summed E-state index contributed by atoms with van der Waals surface area (Å²) in [6.45, 7) is 14.1. The molecule has 15 heavy (non-hydrogen) atoms. The van der Waals surface area contributed by atoms with Crippen LogP contribution in [-0.2, 0) is 0 Å². The van der Waals surface area contributed by atoms with Crippen molar-refractivity contribution in [3.05, 3.63) is 24.4 Å². The molecule has 0 aromatic carbocycles. The van der Waals surface area contributed by atoms with E-state index in [-0.39, 0.29) is 0 Å². The Morgan fingerprint density at radius 2 is 1.67 bits per heavy atom. The van der Waals surface area contributed by atoms with Gasteiger partial charge in [-0.25, -0.2) is 0 Å². The van der Waals surface area contributed by atoms with Gasteiger partial charge in [-0.2, -0.15) is 0 Å². The van der Waals surface area contributed by atoms with Crippen molar-refractivity contribution in [3.63, 3.8) is 0 Å². The summed E-state index contributed by atoms with van der Waals surface area (Å²) in [4.78, 5) is 4.55. The fraction of sp³-hybridized carbons (Fsp3) is 0.643. The van der Waals surface area contributed by atoms with Crippen LogP contribution in [0.4, 0.5) is 0 Å². The Balaban J connectivity index is 0. The molecule has 0 spiro atoms. The van der Waals surface area contributed by atoms with Gasteiger partial charge in [-0.15, -0.1) is 0 Å². The summed E-state index contributed by atoms with van der Waals surface area (Å²) in [5.41, 5.74) is 2.38. The van der Waals surface area contributed by atoms with Crippen molar-refractivity contribution in [3.8, 4) is 0 Å². The highest BCUT2D eigenvalue weighted by atomic mass is 14.7. The molecule has 0 rings (SSSR count). The smallest absolute Gasteiger partial charge is 0.0402 e. The molecule has 0 aromatic rings. The van der Waals surface area contributed by atoms with Crippen LogP contribution in [0, 0.1) is 0 Å². The van der Waals surface area contributed by atoms with Crippen molar-refractivity contribution in [2.75, 3.05) is 0 Å². The summed E-state index contributed by atoms with van der Waals surface area (Å²) in [6, 6.07) is 0. The third-order valence-corrected chi connectivity index (χ3v) is 1.76. The predicted octanol–water partition coefficient (Wildman–Crippen LogP) is 5.14. The minimum absolute atomic E-state index is 1.05. The summed E-state index contributed by atoms with van der Waals surface area (Å²) in [7, 11) is 0. The van der Waals surface area contributed by atoms with E-state index in [4.69, 9.17) is 0 Å². The van der Waals surface area contributed by atoms with Crippen LogP contribution in [0.3, 0.4) is 0 Å². The highest BCUT2D eigenvalue weighted by Crippen LogP contribution is 2.08. The Labute approximate surface area is 96.0 Å². The van der Waals surface area contributed by atoms with E-state index in [0.29, 0.717) is 0 Å². The largest absolute Gasteiger partial charge is 0.263 e. The summed E-state index contributed by atoms with van der Waals surface area (Å²) in [6.07, 6.45) is 8.27. The highest BCUT2D eigenvalue weighted by molar-refractivity contribution is 5.82. The van der Waals surface area contributed by atoms with Crippen LogP contribution in [-0.4, -0.2) is 5.71 Å². The topological polar surface area (TPSA) is 12.4 Å². The molecule has 0 fully saturated rings. The molecule has 88 valence electrons. The highest BCUT2D eigenvalue weighted by Gasteiger charge is 1.93. The van der Waals surface area contributed by atoms with Gasteiger partial charge < -0.3 is 0 Å². The Hall–Kier alpha value is -0.850. The van der Waals surface area contributed by atoms with Crippen LogP contribution in [0.2, 0.25) is 0 Å². The maximum atomic E-state index is 4.55. The summed E-state index contributed by atoms with van der Waals surface area (Å²) in [5, 5.41) is 0. The standard InChI is InChI=1S/C12H21N.C2H6/c1-5-8-11(4)13-12(9-6-2)10-7-3;1-2/h6,9H,2,5,7-8,10H2,1,3-4H3;1-2H3/b12-9-,13-11?;. The molecule has 0 unspecified atom stereocenters. The zero-order chi connectivity index (χ0) is 12.1. The number of rotatable bonds is 6. The zero-order valence-corrected chi connectivity index (χ0v) is 11.1. The molecule has 0 atom stereocenters. The van der Waals surface area contributed by atoms with E-state index in [1.807, 2.05) is 26.0 Å². The Morgan fingerprint density at radius 3 is 2.07 bits per heavy atom. The third-order valence-electron chi connectivity index (χ3n) is 1.76. The van der Waals surface area contributed by atoms with Gasteiger partial charge in [0.1, 0.15) is 0 Å². The molecular formula is C14H27N. The Kier molecular flexibility index (Phi) is 14.5. The molecule has 0 aliphatic heterocycles. The quantitative estimate of drug-likeness (QED) is 0.424. The van der Waals surface area contributed by atoms with Crippen molar-refractivity contribution in [1.29, 1.82) is 0 Å². The molecule has 1 heteroatoms. The summed E-state index contributed by atoms with van der Waals surface area (Å²) >= 11 is 0. The van der Waals surface area contributed by atoms with Crippen LogP contribution in [0.15, 0.2) is 29.4 Å². The Bertz CT molecular complexity index is 199. The van der Waals surface area contributed by atoms with Gasteiger partial charge in [-0.05, 0) is 25.8 Å². The predicted molar refractivity (Wildman–Crippen MR) is 72.6 cm³/mol. The average molecular weight is 209 g/mol. The van der Waals surface area contributed by atoms with Crippen molar-refractivity contribution in [2.24, 2.45) is 4.99 Å². The van der Waals surface area contributed by atoms with Gasteiger partial charge in [0.25, 0.3) is 0 Å². The molecule has 0 aliphatic rings. The first-order valence-electron chi connectivity index (χ1n) is 6.10. The molecule has 0 bridgehead atoms. The second kappa shape index (κ2) is 13.2. The Morgan fingerprint density at radius 1 is 1.13 bits per heavy atom. The lowest BCUT2D eigenvalue weighted by atomic mass is 10.2. The van der Waals surface area contributed by atoms with E-state index in [1.54, 1.807) is 0 Å². The molecule has 1 nitrogen and oxygen atoms in total. The van der Waals surface area contributed by atoms with Gasteiger partial charge in [-0.3, -0.25) is 4.99 Å². The lowest BCUT2D eigenvalue weighted by Gasteiger charge is -2.01. The van der Waals surface area contributed by atoms with Gasteiger partial charge in [0.2, 0.25) is 0 Å². The van der Waals surface area contributed by atoms with E-state index < -0.39 is 0 Å². The maximum Gasteiger partial charge on any atom is 0.0402 e. The molecular weight excluding hydrogens is 182 g/mol. The fourth-order valence-corrected chi connectivity index (χ4v) is 1.23. The average Bonchev–Trinajstić information content (AvgIpc) is 2.22. The van der Waals surface area contributed by atoms with E-state index in [0.717, 1.165) is 25.0 Å². The molecule has 0 N–H and O–H groups in total. The van der Waals surface area contributed by atoms with E-state index in [9.17, 15) is 0 Å². The molecule has 0 saturated carbocycles. The SMILES string of the molecule is C=C/C=C(/CCC)N=C(C)CCC.CC. The minimum Gasteiger partial charge on any atom is -0.263 e. The van der Waals surface area contributed by atoms with Gasteiger partial charge in [0.15, 0.2) is 0 Å². The van der Waals surface area contributed by atoms with Crippen LogP contribution in [0.5, 0.6) is 0 Å². The van der Waals surface area contributed by atoms with E-state index in [2.05, 4.69) is 32.3 Å². The second-order valence-corrected chi connectivity index (χ2v) is 3.24. The fourth-order valence-electron chi connectivity index (χ4n) is 1.23. The van der Waals surface area contributed by atoms with Crippen LogP contribution in [0.1, 0.15) is 60.3 Å².